The van der Waals surface area contributed by atoms with Crippen LogP contribution in [0.25, 0.3) is 0 Å². The molecule has 140 valence electrons. The molecule has 2 rings (SSSR count). The molecule has 1 aliphatic rings. The van der Waals surface area contributed by atoms with Crippen molar-refractivity contribution in [2.24, 2.45) is 5.92 Å². The van der Waals surface area contributed by atoms with Crippen molar-refractivity contribution in [3.8, 4) is 0 Å². The molecule has 1 saturated heterocycles. The van der Waals surface area contributed by atoms with Crippen molar-refractivity contribution in [3.05, 3.63) is 0 Å². The lowest BCUT2D eigenvalue weighted by Crippen LogP contribution is -2.40. The monoisotopic (exact) mass is 408 g/mol. The predicted octanol–water partition coefficient (Wildman–Crippen LogP) is 0.803. The van der Waals surface area contributed by atoms with Crippen molar-refractivity contribution in [3.63, 3.8) is 0 Å². The SMILES string of the molecule is CCOC(=O)CSc1nnc(NC(=O)C2CCN(S(C)(=O)=O)CC2)s1. The number of aromatic nitrogens is 2. The zero-order valence-electron chi connectivity index (χ0n) is 13.9. The molecule has 0 unspecified atom stereocenters. The lowest BCUT2D eigenvalue weighted by atomic mass is 9.97. The molecule has 0 aromatic carbocycles. The van der Waals surface area contributed by atoms with Crippen molar-refractivity contribution in [1.82, 2.24) is 14.5 Å². The summed E-state index contributed by atoms with van der Waals surface area (Å²) in [7, 11) is -3.21. The zero-order chi connectivity index (χ0) is 18.4. The number of hydrogen-bond donors (Lipinski definition) is 1. The first kappa shape index (κ1) is 20.1. The molecule has 0 aliphatic carbocycles. The van der Waals surface area contributed by atoms with Crippen LogP contribution in [0.2, 0.25) is 0 Å². The van der Waals surface area contributed by atoms with E-state index in [2.05, 4.69) is 15.5 Å². The number of nitrogens with zero attached hydrogens (tertiary/aromatic N) is 3. The molecule has 1 aromatic rings. The molecule has 1 fully saturated rings. The Morgan fingerprint density at radius 2 is 2.04 bits per heavy atom. The molecule has 0 radical (unpaired) electrons. The molecule has 2 heterocycles. The highest BCUT2D eigenvalue weighted by Crippen LogP contribution is 2.27. The number of amides is 1. The van der Waals surface area contributed by atoms with Gasteiger partial charge in [-0.25, -0.2) is 12.7 Å². The number of anilines is 1. The summed E-state index contributed by atoms with van der Waals surface area (Å²) >= 11 is 2.39. The molecule has 9 nitrogen and oxygen atoms in total. The van der Waals surface area contributed by atoms with Gasteiger partial charge in [0.25, 0.3) is 0 Å². The molecule has 0 bridgehead atoms. The number of ether oxygens (including phenoxy) is 1. The van der Waals surface area contributed by atoms with Crippen molar-refractivity contribution >= 4 is 50.1 Å². The fourth-order valence-electron chi connectivity index (χ4n) is 2.30. The Kier molecular flexibility index (Phi) is 7.16. The van der Waals surface area contributed by atoms with Gasteiger partial charge in [-0.05, 0) is 19.8 Å². The quantitative estimate of drug-likeness (QED) is 0.400. The Labute approximate surface area is 154 Å². The van der Waals surface area contributed by atoms with E-state index in [9.17, 15) is 18.0 Å². The van der Waals surface area contributed by atoms with E-state index in [0.29, 0.717) is 42.0 Å². The van der Waals surface area contributed by atoms with E-state index in [1.807, 2.05) is 0 Å². The number of sulfonamides is 1. The Balaban J connectivity index is 1.81. The molecule has 1 amide bonds. The Hall–Kier alpha value is -1.24. The van der Waals surface area contributed by atoms with Gasteiger partial charge < -0.3 is 10.1 Å². The number of esters is 1. The number of carbonyl (C=O) groups excluding carboxylic acids is 2. The van der Waals surface area contributed by atoms with E-state index in [1.54, 1.807) is 6.92 Å². The van der Waals surface area contributed by atoms with Crippen LogP contribution in [0.3, 0.4) is 0 Å². The predicted molar refractivity (Wildman–Crippen MR) is 95.0 cm³/mol. The normalized spacial score (nSPS) is 16.6. The minimum Gasteiger partial charge on any atom is -0.465 e. The summed E-state index contributed by atoms with van der Waals surface area (Å²) in [4.78, 5) is 23.6. The minimum atomic E-state index is -3.21. The molecule has 0 atom stereocenters. The van der Waals surface area contributed by atoms with Gasteiger partial charge in [0.2, 0.25) is 21.1 Å². The molecule has 0 saturated carbocycles. The summed E-state index contributed by atoms with van der Waals surface area (Å²) in [6.07, 6.45) is 2.12. The highest BCUT2D eigenvalue weighted by molar-refractivity contribution is 8.01. The second-order valence-electron chi connectivity index (χ2n) is 5.39. The van der Waals surface area contributed by atoms with Crippen LogP contribution >= 0.6 is 23.1 Å². The molecule has 12 heteroatoms. The van der Waals surface area contributed by atoms with Gasteiger partial charge in [0, 0.05) is 19.0 Å². The van der Waals surface area contributed by atoms with Gasteiger partial charge in [0.15, 0.2) is 4.34 Å². The standard InChI is InChI=1S/C13H20N4O5S3/c1-3-22-10(18)8-23-13-16-15-12(24-13)14-11(19)9-4-6-17(7-5-9)25(2,20)21/h9H,3-8H2,1-2H3,(H,14,15,19). The van der Waals surface area contributed by atoms with Gasteiger partial charge in [-0.3, -0.25) is 9.59 Å². The Bertz CT molecular complexity index is 713. The van der Waals surface area contributed by atoms with E-state index in [1.165, 1.54) is 33.7 Å². The van der Waals surface area contributed by atoms with Gasteiger partial charge in [-0.15, -0.1) is 10.2 Å². The fourth-order valence-corrected chi connectivity index (χ4v) is 4.73. The summed E-state index contributed by atoms with van der Waals surface area (Å²) in [5, 5.41) is 10.9. The van der Waals surface area contributed by atoms with E-state index in [0.717, 1.165) is 0 Å². The Morgan fingerprint density at radius 1 is 1.36 bits per heavy atom. The summed E-state index contributed by atoms with van der Waals surface area (Å²) in [6.45, 7) is 2.75. The van der Waals surface area contributed by atoms with E-state index >= 15 is 0 Å². The topological polar surface area (TPSA) is 119 Å². The van der Waals surface area contributed by atoms with Gasteiger partial charge in [0.1, 0.15) is 0 Å². The smallest absolute Gasteiger partial charge is 0.316 e. The van der Waals surface area contributed by atoms with E-state index in [4.69, 9.17) is 4.74 Å². The third-order valence-corrected chi connectivity index (χ3v) is 6.80. The van der Waals surface area contributed by atoms with Crippen LogP contribution in [0.5, 0.6) is 0 Å². The van der Waals surface area contributed by atoms with Crippen LogP contribution in [0.15, 0.2) is 4.34 Å². The van der Waals surface area contributed by atoms with Crippen LogP contribution in [-0.2, 0) is 24.3 Å². The maximum Gasteiger partial charge on any atom is 0.316 e. The highest BCUT2D eigenvalue weighted by atomic mass is 32.2. The first-order chi connectivity index (χ1) is 11.8. The first-order valence-electron chi connectivity index (χ1n) is 7.67. The number of piperidine rings is 1. The maximum absolute atomic E-state index is 12.3. The lowest BCUT2D eigenvalue weighted by Gasteiger charge is -2.29. The molecule has 1 N–H and O–H groups in total. The van der Waals surface area contributed by atoms with Crippen LogP contribution in [0, 0.1) is 5.92 Å². The lowest BCUT2D eigenvalue weighted by molar-refractivity contribution is -0.139. The van der Waals surface area contributed by atoms with Crippen LogP contribution in [-0.4, -0.2) is 66.5 Å². The fraction of sp³-hybridized carbons (Fsp3) is 0.692. The van der Waals surface area contributed by atoms with Crippen molar-refractivity contribution in [2.45, 2.75) is 24.1 Å². The first-order valence-corrected chi connectivity index (χ1v) is 11.3. The summed E-state index contributed by atoms with van der Waals surface area (Å²) in [5.41, 5.74) is 0. The summed E-state index contributed by atoms with van der Waals surface area (Å²) in [5.74, 6) is -0.630. The van der Waals surface area contributed by atoms with E-state index in [-0.39, 0.29) is 23.5 Å². The average molecular weight is 409 g/mol. The van der Waals surface area contributed by atoms with Crippen molar-refractivity contribution in [1.29, 1.82) is 0 Å². The molecular formula is C13H20N4O5S3. The molecule has 1 aromatic heterocycles. The van der Waals surface area contributed by atoms with Gasteiger partial charge >= 0.3 is 5.97 Å². The second-order valence-corrected chi connectivity index (χ2v) is 9.57. The van der Waals surface area contributed by atoms with Gasteiger partial charge in [0.05, 0.1) is 18.6 Å². The second kappa shape index (κ2) is 8.92. The van der Waals surface area contributed by atoms with Crippen molar-refractivity contribution in [2.75, 3.05) is 37.0 Å². The van der Waals surface area contributed by atoms with Crippen LogP contribution in [0.1, 0.15) is 19.8 Å². The number of thioether (sulfide) groups is 1. The molecule has 25 heavy (non-hydrogen) atoms. The van der Waals surface area contributed by atoms with Gasteiger partial charge in [-0.2, -0.15) is 0 Å². The van der Waals surface area contributed by atoms with Crippen molar-refractivity contribution < 1.29 is 22.7 Å². The summed E-state index contributed by atoms with van der Waals surface area (Å²) < 4.78 is 29.7. The number of rotatable bonds is 7. The molecule has 0 spiro atoms. The number of carbonyl (C=O) groups is 2. The third-order valence-electron chi connectivity index (χ3n) is 3.55. The Morgan fingerprint density at radius 3 is 2.64 bits per heavy atom. The number of hydrogen-bond acceptors (Lipinski definition) is 9. The largest absolute Gasteiger partial charge is 0.465 e. The summed E-state index contributed by atoms with van der Waals surface area (Å²) in [6, 6.07) is 0. The molecule has 1 aliphatic heterocycles. The highest BCUT2D eigenvalue weighted by Gasteiger charge is 2.29. The molecular weight excluding hydrogens is 388 g/mol. The zero-order valence-corrected chi connectivity index (χ0v) is 16.4. The minimum absolute atomic E-state index is 0.139. The van der Waals surface area contributed by atoms with Crippen LogP contribution in [0.4, 0.5) is 5.13 Å². The average Bonchev–Trinajstić information content (AvgIpc) is 3.00. The third kappa shape index (κ3) is 6.20. The van der Waals surface area contributed by atoms with Gasteiger partial charge in [-0.1, -0.05) is 23.1 Å². The number of nitrogens with one attached hydrogen (secondary N) is 1. The maximum atomic E-state index is 12.3. The van der Waals surface area contributed by atoms with E-state index < -0.39 is 10.0 Å². The van der Waals surface area contributed by atoms with Crippen LogP contribution < -0.4 is 5.32 Å².